The number of hydrogen-bond donors (Lipinski definition) is 3. The number of pyridine rings is 1. The zero-order valence-electron chi connectivity index (χ0n) is 19.4. The second-order valence-corrected chi connectivity index (χ2v) is 10.5. The van der Waals surface area contributed by atoms with Crippen molar-refractivity contribution >= 4 is 40.4 Å². The van der Waals surface area contributed by atoms with E-state index < -0.39 is 17.7 Å². The molecule has 0 bridgehead atoms. The van der Waals surface area contributed by atoms with Gasteiger partial charge in [-0.15, -0.1) is 0 Å². The molecular weight excluding hydrogens is 532 g/mol. The van der Waals surface area contributed by atoms with Crippen LogP contribution in [0.2, 0.25) is 0 Å². The fraction of sp³-hybridized carbons (Fsp3) is 0.364. The summed E-state index contributed by atoms with van der Waals surface area (Å²) in [5, 5.41) is 12.5. The predicted molar refractivity (Wildman–Crippen MR) is 132 cm³/mol. The van der Waals surface area contributed by atoms with Crippen LogP contribution in [-0.2, 0) is 6.54 Å². The molecule has 3 N–H and O–H groups in total. The highest BCUT2D eigenvalue weighted by atomic mass is 32.2. The average Bonchev–Trinajstić information content (AvgIpc) is 3.59. The van der Waals surface area contributed by atoms with Crippen LogP contribution in [0.3, 0.4) is 0 Å². The zero-order valence-corrected chi connectivity index (χ0v) is 21.1. The van der Waals surface area contributed by atoms with Gasteiger partial charge < -0.3 is 19.9 Å². The first-order valence-corrected chi connectivity index (χ1v) is 12.9. The quantitative estimate of drug-likeness (QED) is 0.233. The van der Waals surface area contributed by atoms with Crippen molar-refractivity contribution in [3.05, 3.63) is 47.4 Å². The van der Waals surface area contributed by atoms with Gasteiger partial charge in [-0.2, -0.15) is 22.6 Å². The fourth-order valence-electron chi connectivity index (χ4n) is 4.16. The van der Waals surface area contributed by atoms with Gasteiger partial charge in [0.05, 0.1) is 46.1 Å². The standard InChI is InChI=1S/C22H22F4N8OS2/c1-33-6-4-15(14(23)11-33)30-16-3-2-5-34-17(16)7-13(21(34)36-22(24,25)26)19-31-18(37-32-19)10-27-20(35)12-8-28-29-9-12/h2-3,5,7-9,14-15,30H,4,6,10-11H2,1H3,(H,27,35)(H,28,29)/t14-,15+/m0/s1. The van der Waals surface area contributed by atoms with Gasteiger partial charge in [0.2, 0.25) is 0 Å². The summed E-state index contributed by atoms with van der Waals surface area (Å²) in [6.07, 6.45) is 3.79. The van der Waals surface area contributed by atoms with Gasteiger partial charge in [0.15, 0.2) is 5.82 Å². The monoisotopic (exact) mass is 554 g/mol. The first-order chi connectivity index (χ1) is 17.7. The van der Waals surface area contributed by atoms with Crippen LogP contribution in [0.15, 0.2) is 41.8 Å². The lowest BCUT2D eigenvalue weighted by molar-refractivity contribution is -0.0329. The van der Waals surface area contributed by atoms with Crippen molar-refractivity contribution in [2.45, 2.75) is 35.7 Å². The first kappa shape index (κ1) is 25.5. The average molecular weight is 555 g/mol. The van der Waals surface area contributed by atoms with E-state index in [2.05, 4.69) is 30.2 Å². The summed E-state index contributed by atoms with van der Waals surface area (Å²) in [6, 6.07) is 4.46. The number of carbonyl (C=O) groups is 1. The molecule has 5 rings (SSSR count). The number of nitrogens with zero attached hydrogens (tertiary/aromatic N) is 5. The molecule has 0 saturated carbocycles. The molecule has 0 spiro atoms. The van der Waals surface area contributed by atoms with E-state index in [0.29, 0.717) is 34.7 Å². The highest BCUT2D eigenvalue weighted by Gasteiger charge is 2.34. The number of aromatic amines is 1. The lowest BCUT2D eigenvalue weighted by Gasteiger charge is -2.33. The van der Waals surface area contributed by atoms with Gasteiger partial charge in [0.1, 0.15) is 11.2 Å². The number of anilines is 1. The van der Waals surface area contributed by atoms with Crippen LogP contribution < -0.4 is 10.6 Å². The molecule has 2 atom stereocenters. The van der Waals surface area contributed by atoms with Gasteiger partial charge in [-0.1, -0.05) is 0 Å². The van der Waals surface area contributed by atoms with Gasteiger partial charge in [-0.3, -0.25) is 9.89 Å². The Labute approximate surface area is 216 Å². The highest BCUT2D eigenvalue weighted by molar-refractivity contribution is 8.00. The largest absolute Gasteiger partial charge is 0.447 e. The number of aromatic nitrogens is 5. The summed E-state index contributed by atoms with van der Waals surface area (Å²) in [6.45, 7) is 1.05. The Kier molecular flexibility index (Phi) is 7.09. The maximum absolute atomic E-state index is 14.7. The van der Waals surface area contributed by atoms with Gasteiger partial charge in [0.25, 0.3) is 5.91 Å². The summed E-state index contributed by atoms with van der Waals surface area (Å²) < 4.78 is 61.0. The van der Waals surface area contributed by atoms with E-state index in [1.807, 2.05) is 11.9 Å². The molecule has 5 heterocycles. The number of fused-ring (bicyclic) bond motifs is 1. The Morgan fingerprint density at radius 1 is 1.38 bits per heavy atom. The number of thioether (sulfide) groups is 1. The Bertz CT molecular complexity index is 1390. The van der Waals surface area contributed by atoms with E-state index in [-0.39, 0.29) is 47.2 Å². The van der Waals surface area contributed by atoms with Gasteiger partial charge in [-0.25, -0.2) is 9.37 Å². The van der Waals surface area contributed by atoms with Crippen molar-refractivity contribution in [2.75, 3.05) is 25.5 Å². The molecule has 4 aromatic heterocycles. The van der Waals surface area contributed by atoms with Gasteiger partial charge >= 0.3 is 5.51 Å². The SMILES string of the molecule is CN1CC[C@@H](Nc2cccn3c(SC(F)(F)F)c(-c4nsc(CNC(=O)c5cn[nH]c5)n4)cc23)[C@@H](F)C1. The first-order valence-electron chi connectivity index (χ1n) is 11.3. The molecule has 196 valence electrons. The summed E-state index contributed by atoms with van der Waals surface area (Å²) in [5.41, 5.74) is -3.03. The predicted octanol–water partition coefficient (Wildman–Crippen LogP) is 4.18. The number of halogens is 4. The van der Waals surface area contributed by atoms with E-state index in [1.165, 1.54) is 23.0 Å². The number of carbonyl (C=O) groups excluding carboxylic acids is 1. The lowest BCUT2D eigenvalue weighted by atomic mass is 10.0. The minimum Gasteiger partial charge on any atom is -0.378 e. The van der Waals surface area contributed by atoms with Crippen LogP contribution in [0.4, 0.5) is 23.2 Å². The molecule has 1 saturated heterocycles. The van der Waals surface area contributed by atoms with E-state index in [0.717, 1.165) is 11.5 Å². The Balaban J connectivity index is 1.45. The van der Waals surface area contributed by atoms with Crippen molar-refractivity contribution in [2.24, 2.45) is 0 Å². The molecule has 0 radical (unpaired) electrons. The van der Waals surface area contributed by atoms with E-state index in [1.54, 1.807) is 18.2 Å². The molecule has 37 heavy (non-hydrogen) atoms. The lowest BCUT2D eigenvalue weighted by Crippen LogP contribution is -2.46. The minimum absolute atomic E-state index is 0.0532. The third-order valence-corrected chi connectivity index (χ3v) is 7.48. The van der Waals surface area contributed by atoms with Gasteiger partial charge in [0, 0.05) is 37.2 Å². The van der Waals surface area contributed by atoms with Crippen LogP contribution in [0.25, 0.3) is 16.9 Å². The fourth-order valence-corrected chi connectivity index (χ4v) is 5.49. The Morgan fingerprint density at radius 3 is 2.95 bits per heavy atom. The second kappa shape index (κ2) is 10.3. The number of piperidine rings is 1. The van der Waals surface area contributed by atoms with Crippen LogP contribution >= 0.6 is 23.3 Å². The van der Waals surface area contributed by atoms with Crippen molar-refractivity contribution < 1.29 is 22.4 Å². The normalized spacial score (nSPS) is 18.8. The van der Waals surface area contributed by atoms with Gasteiger partial charge in [-0.05, 0) is 43.2 Å². The van der Waals surface area contributed by atoms with Crippen molar-refractivity contribution in [3.8, 4) is 11.4 Å². The number of nitrogens with one attached hydrogen (secondary N) is 3. The van der Waals surface area contributed by atoms with Crippen LogP contribution in [0.5, 0.6) is 0 Å². The topological polar surface area (TPSA) is 103 Å². The van der Waals surface area contributed by atoms with Crippen LogP contribution in [0.1, 0.15) is 21.8 Å². The number of H-pyrrole nitrogens is 1. The van der Waals surface area contributed by atoms with E-state index in [4.69, 9.17) is 0 Å². The molecule has 1 aliphatic heterocycles. The number of likely N-dealkylation sites (tertiary alicyclic amines) is 1. The molecule has 9 nitrogen and oxygen atoms in total. The van der Waals surface area contributed by atoms with E-state index in [9.17, 15) is 22.4 Å². The van der Waals surface area contributed by atoms with E-state index >= 15 is 0 Å². The molecule has 15 heteroatoms. The summed E-state index contributed by atoms with van der Waals surface area (Å²) >= 11 is 0.723. The molecule has 4 aromatic rings. The summed E-state index contributed by atoms with van der Waals surface area (Å²) in [7, 11) is 1.85. The van der Waals surface area contributed by atoms with Crippen molar-refractivity contribution in [1.29, 1.82) is 0 Å². The van der Waals surface area contributed by atoms with Crippen molar-refractivity contribution in [1.82, 2.24) is 34.2 Å². The third-order valence-electron chi connectivity index (χ3n) is 5.93. The molecule has 1 fully saturated rings. The minimum atomic E-state index is -4.55. The van der Waals surface area contributed by atoms with Crippen molar-refractivity contribution in [3.63, 3.8) is 0 Å². The maximum atomic E-state index is 14.7. The Hall–Kier alpha value is -3.17. The summed E-state index contributed by atoms with van der Waals surface area (Å²) in [4.78, 5) is 18.4. The molecular formula is C22H22F4N8OS2. The smallest absolute Gasteiger partial charge is 0.378 e. The summed E-state index contributed by atoms with van der Waals surface area (Å²) in [5.74, 6) is -0.258. The maximum Gasteiger partial charge on any atom is 0.447 e. The molecule has 0 unspecified atom stereocenters. The number of hydrogen-bond acceptors (Lipinski definition) is 8. The second-order valence-electron chi connectivity index (χ2n) is 8.59. The molecule has 0 aliphatic carbocycles. The number of amides is 1. The van der Waals surface area contributed by atoms with Crippen LogP contribution in [-0.4, -0.2) is 72.6 Å². The highest BCUT2D eigenvalue weighted by Crippen LogP contribution is 2.44. The Morgan fingerprint density at radius 2 is 2.22 bits per heavy atom. The molecule has 1 aliphatic rings. The molecule has 1 amide bonds. The van der Waals surface area contributed by atoms with Crippen LogP contribution in [0, 0.1) is 0 Å². The number of rotatable bonds is 7. The zero-order chi connectivity index (χ0) is 26.2. The third kappa shape index (κ3) is 5.72. The number of alkyl halides is 4. The molecule has 0 aromatic carbocycles.